The minimum atomic E-state index is -3.12. The Bertz CT molecular complexity index is 615. The van der Waals surface area contributed by atoms with Crippen LogP contribution in [0, 0.1) is 0 Å². The number of hydrogen-bond acceptors (Lipinski definition) is 6. The summed E-state index contributed by atoms with van der Waals surface area (Å²) in [7, 11) is -2.51. The van der Waals surface area contributed by atoms with E-state index in [1.54, 1.807) is 42.2 Å². The molecule has 1 aromatic carbocycles. The number of ether oxygens (including phenoxy) is 1. The molecule has 1 fully saturated rings. The van der Waals surface area contributed by atoms with Crippen molar-refractivity contribution in [3.8, 4) is 5.75 Å². The van der Waals surface area contributed by atoms with Gasteiger partial charge in [-0.05, 0) is 25.6 Å². The lowest BCUT2D eigenvalue weighted by Crippen LogP contribution is -2.53. The Morgan fingerprint density at radius 2 is 2.16 bits per heavy atom. The van der Waals surface area contributed by atoms with Crippen molar-refractivity contribution in [1.29, 1.82) is 0 Å². The highest BCUT2D eigenvalue weighted by Gasteiger charge is 2.47. The highest BCUT2D eigenvalue weighted by atomic mass is 31.1. The van der Waals surface area contributed by atoms with Crippen molar-refractivity contribution >= 4 is 14.1 Å². The van der Waals surface area contributed by atoms with E-state index in [1.807, 2.05) is 0 Å². The molecule has 3 atom stereocenters. The van der Waals surface area contributed by atoms with Crippen LogP contribution in [-0.4, -0.2) is 48.6 Å². The Labute approximate surface area is 146 Å². The maximum atomic E-state index is 14.0. The van der Waals surface area contributed by atoms with Crippen molar-refractivity contribution in [3.63, 3.8) is 0 Å². The summed E-state index contributed by atoms with van der Waals surface area (Å²) in [5.74, 6) is -3.71. The molecule has 0 amide bonds. The van der Waals surface area contributed by atoms with Crippen molar-refractivity contribution in [2.45, 2.75) is 38.3 Å². The SMILES string of the molecule is CCN1CCC(OC(=O)[C@H](C)N=[P+]([O-])Oc2ccccc2)C(F)(F)C1. The van der Waals surface area contributed by atoms with E-state index < -0.39 is 38.7 Å². The van der Waals surface area contributed by atoms with Crippen LogP contribution in [0.25, 0.3) is 0 Å². The first-order valence-electron chi connectivity index (χ1n) is 8.03. The van der Waals surface area contributed by atoms with Gasteiger partial charge >= 0.3 is 14.1 Å². The topological polar surface area (TPSA) is 74.2 Å². The second-order valence-corrected chi connectivity index (χ2v) is 6.67. The van der Waals surface area contributed by atoms with Gasteiger partial charge in [0.2, 0.25) is 0 Å². The lowest BCUT2D eigenvalue weighted by atomic mass is 10.0. The van der Waals surface area contributed by atoms with Crippen LogP contribution in [0.5, 0.6) is 5.75 Å². The average molecular weight is 374 g/mol. The number of carbonyl (C=O) groups excluding carboxylic acids is 1. The molecule has 6 nitrogen and oxygen atoms in total. The predicted octanol–water partition coefficient (Wildman–Crippen LogP) is 2.58. The third kappa shape index (κ3) is 5.70. The van der Waals surface area contributed by atoms with Crippen LogP contribution in [0.2, 0.25) is 0 Å². The molecule has 1 aliphatic heterocycles. The molecular weight excluding hydrogens is 353 g/mol. The molecular formula is C16H21F2N2O4P. The predicted molar refractivity (Wildman–Crippen MR) is 87.4 cm³/mol. The van der Waals surface area contributed by atoms with Gasteiger partial charge in [0.25, 0.3) is 5.92 Å². The summed E-state index contributed by atoms with van der Waals surface area (Å²) >= 11 is 0. The van der Waals surface area contributed by atoms with E-state index in [9.17, 15) is 18.5 Å². The number of piperidine rings is 1. The molecule has 1 aliphatic rings. The Hall–Kier alpha value is -1.63. The van der Waals surface area contributed by atoms with Gasteiger partial charge in [0.1, 0.15) is 0 Å². The summed E-state index contributed by atoms with van der Waals surface area (Å²) in [4.78, 5) is 25.4. The number of benzene rings is 1. The van der Waals surface area contributed by atoms with Gasteiger partial charge < -0.3 is 9.63 Å². The van der Waals surface area contributed by atoms with E-state index >= 15 is 0 Å². The smallest absolute Gasteiger partial charge is 0.395 e. The monoisotopic (exact) mass is 374 g/mol. The molecule has 0 N–H and O–H groups in total. The fraction of sp³-hybridized carbons (Fsp3) is 0.562. The van der Waals surface area contributed by atoms with Gasteiger partial charge in [-0.3, -0.25) is 9.42 Å². The zero-order chi connectivity index (χ0) is 18.4. The summed E-state index contributed by atoms with van der Waals surface area (Å²) in [6.07, 6.45) is -1.44. The third-order valence-corrected chi connectivity index (χ3v) is 4.76. The first-order chi connectivity index (χ1) is 11.8. The normalized spacial score (nSPS) is 22.3. The molecule has 0 bridgehead atoms. The Morgan fingerprint density at radius 1 is 1.48 bits per heavy atom. The molecule has 2 rings (SSSR count). The number of alkyl halides is 2. The van der Waals surface area contributed by atoms with E-state index in [0.717, 1.165) is 0 Å². The Morgan fingerprint density at radius 3 is 2.76 bits per heavy atom. The van der Waals surface area contributed by atoms with Crippen LogP contribution >= 0.6 is 8.17 Å². The van der Waals surface area contributed by atoms with Crippen LogP contribution in [0.1, 0.15) is 20.3 Å². The second kappa shape index (κ2) is 8.65. The van der Waals surface area contributed by atoms with Crippen molar-refractivity contribution in [2.75, 3.05) is 19.6 Å². The number of esters is 1. The molecule has 1 heterocycles. The molecule has 138 valence electrons. The minimum absolute atomic E-state index is 0.0476. The lowest BCUT2D eigenvalue weighted by molar-refractivity contribution is -0.190. The molecule has 1 saturated heterocycles. The maximum Gasteiger partial charge on any atom is 0.395 e. The quantitative estimate of drug-likeness (QED) is 0.565. The molecule has 0 aromatic heterocycles. The van der Waals surface area contributed by atoms with Gasteiger partial charge in [0.05, 0.1) is 6.54 Å². The summed E-state index contributed by atoms with van der Waals surface area (Å²) < 4.78 is 41.8. The van der Waals surface area contributed by atoms with Crippen LogP contribution < -0.4 is 9.42 Å². The second-order valence-electron chi connectivity index (χ2n) is 5.78. The number of para-hydroxylation sites is 1. The number of nitrogens with zero attached hydrogens (tertiary/aromatic N) is 2. The first-order valence-corrected chi connectivity index (χ1v) is 9.16. The number of carbonyl (C=O) groups is 1. The van der Waals surface area contributed by atoms with E-state index in [-0.39, 0.29) is 6.42 Å². The minimum Gasteiger partial charge on any atom is -0.575 e. The van der Waals surface area contributed by atoms with E-state index in [2.05, 4.69) is 4.74 Å². The first kappa shape index (κ1) is 19.7. The van der Waals surface area contributed by atoms with Crippen molar-refractivity contribution in [3.05, 3.63) is 30.3 Å². The van der Waals surface area contributed by atoms with Gasteiger partial charge in [0.15, 0.2) is 17.9 Å². The Balaban J connectivity index is 1.92. The third-order valence-electron chi connectivity index (χ3n) is 3.85. The lowest BCUT2D eigenvalue weighted by Gasteiger charge is -2.37. The van der Waals surface area contributed by atoms with Crippen LogP contribution in [0.3, 0.4) is 0 Å². The zero-order valence-corrected chi connectivity index (χ0v) is 15.0. The summed E-state index contributed by atoms with van der Waals surface area (Å²) in [5, 5.41) is 0. The molecule has 0 saturated carbocycles. The summed E-state index contributed by atoms with van der Waals surface area (Å²) in [5.41, 5.74) is 0. The van der Waals surface area contributed by atoms with Crippen LogP contribution in [0.15, 0.2) is 35.1 Å². The number of hydrogen-bond donors (Lipinski definition) is 0. The van der Waals surface area contributed by atoms with E-state index in [4.69, 9.17) is 9.26 Å². The van der Waals surface area contributed by atoms with Gasteiger partial charge in [-0.25, -0.2) is 13.6 Å². The van der Waals surface area contributed by atoms with Crippen molar-refractivity contribution in [2.24, 2.45) is 4.74 Å². The van der Waals surface area contributed by atoms with Crippen LogP contribution in [0.4, 0.5) is 8.78 Å². The number of rotatable bonds is 6. The molecule has 0 spiro atoms. The van der Waals surface area contributed by atoms with E-state index in [0.29, 0.717) is 18.8 Å². The zero-order valence-electron chi connectivity index (χ0n) is 14.1. The standard InChI is InChI=1S/C16H21F2N2O4P/c1-3-20-10-9-14(16(17,18)11-20)23-15(21)12(2)19-25(22)24-13-7-5-4-6-8-13/h4-8,12,14H,3,9-11H2,1-2H3/t12-,14?/m0/s1. The average Bonchev–Trinajstić information content (AvgIpc) is 2.56. The van der Waals surface area contributed by atoms with E-state index in [1.165, 1.54) is 6.92 Å². The molecule has 25 heavy (non-hydrogen) atoms. The summed E-state index contributed by atoms with van der Waals surface area (Å²) in [6, 6.07) is 7.18. The fourth-order valence-electron chi connectivity index (χ4n) is 2.43. The molecule has 9 heteroatoms. The maximum absolute atomic E-state index is 14.0. The van der Waals surface area contributed by atoms with Gasteiger partial charge in [0, 0.05) is 13.0 Å². The molecule has 1 aromatic rings. The van der Waals surface area contributed by atoms with Crippen molar-refractivity contribution in [1.82, 2.24) is 4.90 Å². The molecule has 0 aliphatic carbocycles. The van der Waals surface area contributed by atoms with Gasteiger partial charge in [-0.2, -0.15) is 0 Å². The number of likely N-dealkylation sites (tertiary alicyclic amines) is 1. The Kier molecular flexibility index (Phi) is 6.81. The molecule has 0 radical (unpaired) electrons. The highest BCUT2D eigenvalue weighted by Crippen LogP contribution is 2.30. The fourth-order valence-corrected chi connectivity index (χ4v) is 3.15. The highest BCUT2D eigenvalue weighted by molar-refractivity contribution is 7.34. The van der Waals surface area contributed by atoms with Gasteiger partial charge in [-0.15, -0.1) is 0 Å². The molecule has 2 unspecified atom stereocenters. The van der Waals surface area contributed by atoms with Gasteiger partial charge in [-0.1, -0.05) is 29.9 Å². The van der Waals surface area contributed by atoms with Crippen LogP contribution in [-0.2, 0) is 9.53 Å². The van der Waals surface area contributed by atoms with Crippen molar-refractivity contribution < 1.29 is 27.7 Å². The summed E-state index contributed by atoms with van der Waals surface area (Å²) in [6.45, 7) is 3.63. The number of halogens is 2. The largest absolute Gasteiger partial charge is 0.575 e.